The van der Waals surface area contributed by atoms with Crippen LogP contribution in [-0.4, -0.2) is 13.1 Å². The van der Waals surface area contributed by atoms with Gasteiger partial charge in [-0.25, -0.2) is 0 Å². The van der Waals surface area contributed by atoms with Crippen molar-refractivity contribution in [1.82, 2.24) is 10.6 Å². The molecule has 0 radical (unpaired) electrons. The minimum Gasteiger partial charge on any atom is -0.313 e. The normalized spacial score (nSPS) is 11.3. The molecule has 2 N–H and O–H groups in total. The maximum atomic E-state index is 3.63. The van der Waals surface area contributed by atoms with Gasteiger partial charge in [-0.05, 0) is 37.1 Å². The third-order valence-corrected chi connectivity index (χ3v) is 6.06. The van der Waals surface area contributed by atoms with Gasteiger partial charge in [-0.15, -0.1) is 0 Å². The summed E-state index contributed by atoms with van der Waals surface area (Å²) in [5, 5.41) is 7.26. The van der Waals surface area contributed by atoms with Gasteiger partial charge in [-0.2, -0.15) is 0 Å². The Kier molecular flexibility index (Phi) is 19.4. The van der Waals surface area contributed by atoms with E-state index >= 15 is 0 Å². The van der Waals surface area contributed by atoms with Gasteiger partial charge in [0.1, 0.15) is 0 Å². The van der Waals surface area contributed by atoms with Crippen molar-refractivity contribution in [3.05, 3.63) is 35.4 Å². The van der Waals surface area contributed by atoms with Crippen LogP contribution in [0.15, 0.2) is 24.3 Å². The summed E-state index contributed by atoms with van der Waals surface area (Å²) in [6, 6.07) is 9.08. The quantitative estimate of drug-likeness (QED) is 0.186. The van der Waals surface area contributed by atoms with Crippen LogP contribution < -0.4 is 10.6 Å². The molecule has 1 rings (SSSR count). The molecule has 0 saturated carbocycles. The van der Waals surface area contributed by atoms with Crippen LogP contribution in [0.4, 0.5) is 0 Å². The number of hydrogen-bond acceptors (Lipinski definition) is 2. The van der Waals surface area contributed by atoms with Gasteiger partial charge in [0.2, 0.25) is 0 Å². The Morgan fingerprint density at radius 1 is 0.500 bits per heavy atom. The standard InChI is InChI=1S/C28H52N2/c1-3-5-7-9-11-13-15-17-22-29-25-27-20-19-21-28(24-27)26-30-23-18-16-14-12-10-8-6-4-2/h19-21,24,29-30H,3-18,22-23,25-26H2,1-2H3. The molecule has 0 spiro atoms. The molecule has 30 heavy (non-hydrogen) atoms. The molecule has 0 fully saturated rings. The van der Waals surface area contributed by atoms with Crippen molar-refractivity contribution in [2.24, 2.45) is 0 Å². The highest BCUT2D eigenvalue weighted by atomic mass is 14.9. The summed E-state index contributed by atoms with van der Waals surface area (Å²) in [4.78, 5) is 0. The topological polar surface area (TPSA) is 24.1 Å². The van der Waals surface area contributed by atoms with Crippen LogP contribution in [0, 0.1) is 0 Å². The monoisotopic (exact) mass is 416 g/mol. The Balaban J connectivity index is 1.97. The molecular formula is C28H52N2. The predicted molar refractivity (Wildman–Crippen MR) is 135 cm³/mol. The molecule has 0 amide bonds. The molecule has 2 heteroatoms. The number of rotatable bonds is 22. The lowest BCUT2D eigenvalue weighted by Crippen LogP contribution is -2.16. The van der Waals surface area contributed by atoms with E-state index in [0.29, 0.717) is 0 Å². The summed E-state index contributed by atoms with van der Waals surface area (Å²) < 4.78 is 0. The first-order chi connectivity index (χ1) is 14.9. The third-order valence-electron chi connectivity index (χ3n) is 6.06. The van der Waals surface area contributed by atoms with Gasteiger partial charge >= 0.3 is 0 Å². The second-order valence-corrected chi connectivity index (χ2v) is 9.12. The Labute approximate surface area is 189 Å². The molecule has 0 aliphatic rings. The predicted octanol–water partition coefficient (Wildman–Crippen LogP) is 8.15. The smallest absolute Gasteiger partial charge is 0.0205 e. The zero-order chi connectivity index (χ0) is 21.5. The summed E-state index contributed by atoms with van der Waals surface area (Å²) >= 11 is 0. The van der Waals surface area contributed by atoms with E-state index < -0.39 is 0 Å². The first kappa shape index (κ1) is 27.2. The van der Waals surface area contributed by atoms with Crippen LogP contribution in [0.1, 0.15) is 128 Å². The van der Waals surface area contributed by atoms with E-state index in [4.69, 9.17) is 0 Å². The van der Waals surface area contributed by atoms with Crippen LogP contribution in [0.2, 0.25) is 0 Å². The number of benzene rings is 1. The highest BCUT2D eigenvalue weighted by Gasteiger charge is 1.98. The molecule has 0 saturated heterocycles. The fourth-order valence-electron chi connectivity index (χ4n) is 4.08. The average molecular weight is 417 g/mol. The fourth-order valence-corrected chi connectivity index (χ4v) is 4.08. The summed E-state index contributed by atoms with van der Waals surface area (Å²) in [7, 11) is 0. The Hall–Kier alpha value is -0.860. The first-order valence-electron chi connectivity index (χ1n) is 13.4. The van der Waals surface area contributed by atoms with E-state index in [1.807, 2.05) is 0 Å². The lowest BCUT2D eigenvalue weighted by atomic mass is 10.1. The van der Waals surface area contributed by atoms with E-state index in [9.17, 15) is 0 Å². The lowest BCUT2D eigenvalue weighted by Gasteiger charge is -2.09. The van der Waals surface area contributed by atoms with Crippen LogP contribution in [0.3, 0.4) is 0 Å². The molecule has 1 aromatic carbocycles. The van der Waals surface area contributed by atoms with E-state index in [1.165, 1.54) is 114 Å². The molecule has 0 unspecified atom stereocenters. The highest BCUT2D eigenvalue weighted by Crippen LogP contribution is 2.10. The summed E-state index contributed by atoms with van der Waals surface area (Å²) in [5.41, 5.74) is 2.84. The number of hydrogen-bond donors (Lipinski definition) is 2. The van der Waals surface area contributed by atoms with Crippen LogP contribution >= 0.6 is 0 Å². The first-order valence-corrected chi connectivity index (χ1v) is 13.4. The zero-order valence-electron chi connectivity index (χ0n) is 20.5. The van der Waals surface area contributed by atoms with Crippen LogP contribution in [-0.2, 0) is 13.1 Å². The van der Waals surface area contributed by atoms with E-state index in [-0.39, 0.29) is 0 Å². The van der Waals surface area contributed by atoms with Crippen molar-refractivity contribution in [2.45, 2.75) is 130 Å². The number of nitrogens with one attached hydrogen (secondary N) is 2. The third kappa shape index (κ3) is 16.9. The Bertz CT molecular complexity index is 432. The molecule has 0 aliphatic carbocycles. The molecule has 0 atom stereocenters. The minimum absolute atomic E-state index is 1.00. The van der Waals surface area contributed by atoms with E-state index in [2.05, 4.69) is 48.7 Å². The van der Waals surface area contributed by atoms with Gasteiger partial charge in [0.15, 0.2) is 0 Å². The largest absolute Gasteiger partial charge is 0.313 e. The minimum atomic E-state index is 1.00. The van der Waals surface area contributed by atoms with Crippen LogP contribution in [0.25, 0.3) is 0 Å². The molecule has 174 valence electrons. The molecule has 0 aromatic heterocycles. The molecule has 0 bridgehead atoms. The van der Waals surface area contributed by atoms with Crippen molar-refractivity contribution in [3.8, 4) is 0 Å². The van der Waals surface area contributed by atoms with Gasteiger partial charge in [0, 0.05) is 13.1 Å². The summed E-state index contributed by atoms with van der Waals surface area (Å²) in [5.74, 6) is 0. The zero-order valence-corrected chi connectivity index (χ0v) is 20.5. The molecular weight excluding hydrogens is 364 g/mol. The van der Waals surface area contributed by atoms with E-state index in [0.717, 1.165) is 26.2 Å². The second kappa shape index (κ2) is 21.4. The Morgan fingerprint density at radius 3 is 1.27 bits per heavy atom. The van der Waals surface area contributed by atoms with Crippen molar-refractivity contribution in [1.29, 1.82) is 0 Å². The summed E-state index contributed by atoms with van der Waals surface area (Å²) in [6.45, 7) is 8.88. The van der Waals surface area contributed by atoms with Crippen molar-refractivity contribution < 1.29 is 0 Å². The van der Waals surface area contributed by atoms with Gasteiger partial charge in [0.05, 0.1) is 0 Å². The lowest BCUT2D eigenvalue weighted by molar-refractivity contribution is 0.553. The van der Waals surface area contributed by atoms with Crippen molar-refractivity contribution >= 4 is 0 Å². The Morgan fingerprint density at radius 2 is 0.867 bits per heavy atom. The van der Waals surface area contributed by atoms with Gasteiger partial charge in [-0.3, -0.25) is 0 Å². The number of unbranched alkanes of at least 4 members (excludes halogenated alkanes) is 14. The molecule has 0 heterocycles. The van der Waals surface area contributed by atoms with E-state index in [1.54, 1.807) is 0 Å². The van der Waals surface area contributed by atoms with Gasteiger partial charge in [-0.1, -0.05) is 128 Å². The van der Waals surface area contributed by atoms with Crippen molar-refractivity contribution in [3.63, 3.8) is 0 Å². The maximum Gasteiger partial charge on any atom is 0.0205 e. The highest BCUT2D eigenvalue weighted by molar-refractivity contribution is 5.23. The maximum absolute atomic E-state index is 3.63. The fraction of sp³-hybridized carbons (Fsp3) is 0.786. The SMILES string of the molecule is CCCCCCCCCCNCc1cccc(CNCCCCCCCCCC)c1. The van der Waals surface area contributed by atoms with Gasteiger partial charge < -0.3 is 10.6 Å². The van der Waals surface area contributed by atoms with Crippen molar-refractivity contribution in [2.75, 3.05) is 13.1 Å². The second-order valence-electron chi connectivity index (χ2n) is 9.12. The molecule has 1 aromatic rings. The van der Waals surface area contributed by atoms with Gasteiger partial charge in [0.25, 0.3) is 0 Å². The molecule has 2 nitrogen and oxygen atoms in total. The van der Waals surface area contributed by atoms with Crippen LogP contribution in [0.5, 0.6) is 0 Å². The molecule has 0 aliphatic heterocycles. The average Bonchev–Trinajstić information content (AvgIpc) is 2.76. The summed E-state index contributed by atoms with van der Waals surface area (Å²) in [6.07, 6.45) is 22.3.